The summed E-state index contributed by atoms with van der Waals surface area (Å²) in [5.74, 6) is 0. The molecule has 2 aliphatic rings. The van der Waals surface area contributed by atoms with Crippen LogP contribution in [0.2, 0.25) is 0 Å². The highest BCUT2D eigenvalue weighted by Gasteiger charge is 2.52. The van der Waals surface area contributed by atoms with Gasteiger partial charge in [0.1, 0.15) is 22.3 Å². The number of benzene rings is 10. The lowest BCUT2D eigenvalue weighted by Crippen LogP contribution is -2.26. The van der Waals surface area contributed by atoms with Gasteiger partial charge in [-0.1, -0.05) is 176 Å². The number of fused-ring (bicyclic) bond motifs is 16. The highest BCUT2D eigenvalue weighted by molar-refractivity contribution is 6.17. The Morgan fingerprint density at radius 2 is 0.828 bits per heavy atom. The van der Waals surface area contributed by atoms with Crippen molar-refractivity contribution in [2.75, 3.05) is 4.90 Å². The summed E-state index contributed by atoms with van der Waals surface area (Å²) in [4.78, 5) is 2.42. The molecule has 0 aliphatic heterocycles. The van der Waals surface area contributed by atoms with Crippen molar-refractivity contribution in [3.8, 4) is 44.5 Å². The summed E-state index contributed by atoms with van der Waals surface area (Å²) < 4.78 is 13.6. The molecule has 0 N–H and O–H groups in total. The molecule has 12 aromatic rings. The first kappa shape index (κ1) is 35.2. The molecule has 3 heteroatoms. The fraction of sp³-hybridized carbons (Fsp3) is 0.0164. The average molecular weight is 816 g/mol. The van der Waals surface area contributed by atoms with Crippen molar-refractivity contribution in [1.29, 1.82) is 0 Å². The number of furan rings is 2. The third-order valence-corrected chi connectivity index (χ3v) is 13.9. The zero-order valence-corrected chi connectivity index (χ0v) is 34.6. The molecule has 0 bridgehead atoms. The summed E-state index contributed by atoms with van der Waals surface area (Å²) in [6.45, 7) is 0. The van der Waals surface area contributed by atoms with Gasteiger partial charge in [-0.25, -0.2) is 0 Å². The molecular weight excluding hydrogens is 779 g/mol. The SMILES string of the molecule is c1ccc(-c2ccc(N(c3ccc4c(c3)oc3cc5c(cc34)oc3c(-c4ccccc4)cccc35)c3cccc4c3-c3ccccc3C43c4ccccc4-c4ccccc43)cc2)cc1. The molecule has 0 amide bonds. The number of hydrogen-bond donors (Lipinski definition) is 0. The molecule has 298 valence electrons. The van der Waals surface area contributed by atoms with Gasteiger partial charge in [0.15, 0.2) is 0 Å². The summed E-state index contributed by atoms with van der Waals surface area (Å²) in [5.41, 5.74) is 21.1. The summed E-state index contributed by atoms with van der Waals surface area (Å²) in [5, 5.41) is 4.20. The smallest absolute Gasteiger partial charge is 0.143 e. The standard InChI is InChI=1S/C61H37NO2/c1-3-15-38(16-4-1)39-29-31-41(32-30-39)62(55-28-14-27-54-59(55)48-21-9-12-26-53(48)61(54)51-24-10-7-19-44(51)45-20-8-11-25-52(45)61)42-33-34-46-49-36-58-50(37-57(49)63-56(46)35-42)47-23-13-22-43(60(47)64-58)40-17-5-2-6-18-40/h1-37H. The van der Waals surface area contributed by atoms with Crippen LogP contribution >= 0.6 is 0 Å². The summed E-state index contributed by atoms with van der Waals surface area (Å²) >= 11 is 0. The van der Waals surface area contributed by atoms with Crippen LogP contribution in [-0.2, 0) is 5.41 Å². The second kappa shape index (κ2) is 13.3. The van der Waals surface area contributed by atoms with E-state index >= 15 is 0 Å². The van der Waals surface area contributed by atoms with Gasteiger partial charge in [-0.3, -0.25) is 0 Å². The summed E-state index contributed by atoms with van der Waals surface area (Å²) in [7, 11) is 0. The molecular formula is C61H37NO2. The number of para-hydroxylation sites is 1. The molecule has 14 rings (SSSR count). The predicted octanol–water partition coefficient (Wildman–Crippen LogP) is 16.6. The molecule has 0 fully saturated rings. The third-order valence-electron chi connectivity index (χ3n) is 13.9. The van der Waals surface area contributed by atoms with Crippen molar-refractivity contribution < 1.29 is 8.83 Å². The van der Waals surface area contributed by atoms with E-state index in [9.17, 15) is 0 Å². The van der Waals surface area contributed by atoms with E-state index in [4.69, 9.17) is 8.83 Å². The van der Waals surface area contributed by atoms with Crippen LogP contribution in [0.5, 0.6) is 0 Å². The second-order valence-electron chi connectivity index (χ2n) is 17.1. The number of hydrogen-bond acceptors (Lipinski definition) is 3. The lowest BCUT2D eigenvalue weighted by molar-refractivity contribution is 0.664. The zero-order valence-electron chi connectivity index (χ0n) is 34.6. The van der Waals surface area contributed by atoms with Gasteiger partial charge in [-0.2, -0.15) is 0 Å². The van der Waals surface area contributed by atoms with Crippen molar-refractivity contribution in [2.45, 2.75) is 5.41 Å². The maximum atomic E-state index is 6.87. The maximum absolute atomic E-state index is 6.87. The predicted molar refractivity (Wildman–Crippen MR) is 263 cm³/mol. The van der Waals surface area contributed by atoms with Gasteiger partial charge in [0.25, 0.3) is 0 Å². The fourth-order valence-corrected chi connectivity index (χ4v) is 11.2. The van der Waals surface area contributed by atoms with Crippen LogP contribution in [0.3, 0.4) is 0 Å². The Morgan fingerprint density at radius 3 is 1.55 bits per heavy atom. The molecule has 0 atom stereocenters. The molecule has 2 heterocycles. The van der Waals surface area contributed by atoms with E-state index in [1.807, 2.05) is 6.07 Å². The first-order chi connectivity index (χ1) is 31.7. The van der Waals surface area contributed by atoms with Gasteiger partial charge in [-0.15, -0.1) is 0 Å². The molecule has 0 saturated carbocycles. The van der Waals surface area contributed by atoms with E-state index < -0.39 is 5.41 Å². The van der Waals surface area contributed by atoms with E-state index in [1.54, 1.807) is 0 Å². The minimum atomic E-state index is -0.455. The average Bonchev–Trinajstić information content (AvgIpc) is 4.09. The molecule has 2 aromatic heterocycles. The first-order valence-electron chi connectivity index (χ1n) is 22.0. The van der Waals surface area contributed by atoms with Crippen LogP contribution in [0.1, 0.15) is 22.3 Å². The summed E-state index contributed by atoms with van der Waals surface area (Å²) in [6, 6.07) is 81.3. The molecule has 2 aliphatic carbocycles. The van der Waals surface area contributed by atoms with Gasteiger partial charge in [0.05, 0.1) is 11.1 Å². The summed E-state index contributed by atoms with van der Waals surface area (Å²) in [6.07, 6.45) is 0. The van der Waals surface area contributed by atoms with Crippen molar-refractivity contribution in [3.05, 3.63) is 247 Å². The molecule has 10 aromatic carbocycles. The van der Waals surface area contributed by atoms with Gasteiger partial charge in [0.2, 0.25) is 0 Å². The topological polar surface area (TPSA) is 29.5 Å². The molecule has 3 nitrogen and oxygen atoms in total. The number of nitrogens with zero attached hydrogens (tertiary/aromatic N) is 1. The van der Waals surface area contributed by atoms with E-state index in [2.05, 4.69) is 223 Å². The van der Waals surface area contributed by atoms with E-state index in [1.165, 1.54) is 55.6 Å². The quantitative estimate of drug-likeness (QED) is 0.173. The number of rotatable bonds is 5. The van der Waals surface area contributed by atoms with Crippen LogP contribution < -0.4 is 4.90 Å². The second-order valence-corrected chi connectivity index (χ2v) is 17.1. The molecule has 0 unspecified atom stereocenters. The monoisotopic (exact) mass is 815 g/mol. The highest BCUT2D eigenvalue weighted by Crippen LogP contribution is 2.64. The zero-order chi connectivity index (χ0) is 41.9. The van der Waals surface area contributed by atoms with Crippen LogP contribution in [0, 0.1) is 0 Å². The van der Waals surface area contributed by atoms with Gasteiger partial charge >= 0.3 is 0 Å². The normalized spacial score (nSPS) is 13.1. The van der Waals surface area contributed by atoms with Crippen LogP contribution in [0.25, 0.3) is 88.4 Å². The molecule has 0 saturated heterocycles. The van der Waals surface area contributed by atoms with Crippen LogP contribution in [0.4, 0.5) is 17.1 Å². The fourth-order valence-electron chi connectivity index (χ4n) is 11.2. The molecule has 0 radical (unpaired) electrons. The Bertz CT molecular complexity index is 3790. The Balaban J connectivity index is 0.983. The van der Waals surface area contributed by atoms with Gasteiger partial charge in [0, 0.05) is 50.1 Å². The minimum absolute atomic E-state index is 0.455. The Morgan fingerprint density at radius 1 is 0.312 bits per heavy atom. The van der Waals surface area contributed by atoms with Crippen LogP contribution in [0.15, 0.2) is 233 Å². The van der Waals surface area contributed by atoms with Crippen LogP contribution in [-0.4, -0.2) is 0 Å². The molecule has 64 heavy (non-hydrogen) atoms. The van der Waals surface area contributed by atoms with Crippen molar-refractivity contribution in [3.63, 3.8) is 0 Å². The molecule has 1 spiro atoms. The van der Waals surface area contributed by atoms with E-state index in [0.717, 1.165) is 72.1 Å². The van der Waals surface area contributed by atoms with Crippen molar-refractivity contribution in [1.82, 2.24) is 0 Å². The number of anilines is 3. The Kier molecular flexibility index (Phi) is 7.32. The largest absolute Gasteiger partial charge is 0.456 e. The lowest BCUT2D eigenvalue weighted by Gasteiger charge is -2.31. The lowest BCUT2D eigenvalue weighted by atomic mass is 9.70. The van der Waals surface area contributed by atoms with Gasteiger partial charge in [-0.05, 0) is 98.1 Å². The Labute approximate surface area is 369 Å². The van der Waals surface area contributed by atoms with Gasteiger partial charge < -0.3 is 13.7 Å². The van der Waals surface area contributed by atoms with Crippen molar-refractivity contribution >= 4 is 60.9 Å². The minimum Gasteiger partial charge on any atom is -0.456 e. The van der Waals surface area contributed by atoms with Crippen molar-refractivity contribution in [2.24, 2.45) is 0 Å². The van der Waals surface area contributed by atoms with E-state index in [-0.39, 0.29) is 0 Å². The Hall–Kier alpha value is -8.40. The highest BCUT2D eigenvalue weighted by atomic mass is 16.3. The van der Waals surface area contributed by atoms with E-state index in [0.29, 0.717) is 0 Å². The third kappa shape index (κ3) is 4.81. The maximum Gasteiger partial charge on any atom is 0.143 e. The first-order valence-corrected chi connectivity index (χ1v) is 22.0.